The Labute approximate surface area is 163 Å². The molecule has 0 atom stereocenters. The van der Waals surface area contributed by atoms with Crippen LogP contribution in [0.15, 0.2) is 60.7 Å². The van der Waals surface area contributed by atoms with E-state index in [0.717, 1.165) is 27.8 Å². The molecule has 0 unspecified atom stereocenters. The molecule has 0 fully saturated rings. The minimum atomic E-state index is -0.0731. The number of nitrogens with one attached hydrogen (secondary N) is 1. The van der Waals surface area contributed by atoms with Crippen LogP contribution in [0.1, 0.15) is 30.1 Å². The Morgan fingerprint density at radius 1 is 1.07 bits per heavy atom. The van der Waals surface area contributed by atoms with Crippen LogP contribution in [0.2, 0.25) is 0 Å². The molecule has 3 aromatic carbocycles. The van der Waals surface area contributed by atoms with Crippen LogP contribution in [0, 0.1) is 0 Å². The predicted molar refractivity (Wildman–Crippen MR) is 111 cm³/mol. The van der Waals surface area contributed by atoms with Crippen molar-refractivity contribution in [1.29, 1.82) is 0 Å². The summed E-state index contributed by atoms with van der Waals surface area (Å²) in [5.41, 5.74) is 2.39. The Bertz CT molecular complexity index is 1040. The van der Waals surface area contributed by atoms with Gasteiger partial charge in [-0.3, -0.25) is 9.59 Å². The number of hydrogen-bond donors (Lipinski definition) is 1. The Hall–Kier alpha value is -3.34. The van der Waals surface area contributed by atoms with Crippen molar-refractivity contribution in [3.63, 3.8) is 0 Å². The second-order valence-corrected chi connectivity index (χ2v) is 6.75. The molecule has 4 rings (SSSR count). The predicted octanol–water partition coefficient (Wildman–Crippen LogP) is 4.62. The van der Waals surface area contributed by atoms with Gasteiger partial charge in [0.1, 0.15) is 5.75 Å². The summed E-state index contributed by atoms with van der Waals surface area (Å²) in [6.45, 7) is 3.01. The molecule has 142 valence electrons. The Morgan fingerprint density at radius 3 is 2.68 bits per heavy atom. The molecule has 0 bridgehead atoms. The van der Waals surface area contributed by atoms with Crippen molar-refractivity contribution in [2.75, 3.05) is 23.4 Å². The molecular formula is C23H22N2O3. The second-order valence-electron chi connectivity index (χ2n) is 6.75. The molecule has 1 N–H and O–H groups in total. The molecule has 0 saturated carbocycles. The van der Waals surface area contributed by atoms with Gasteiger partial charge >= 0.3 is 0 Å². The molecule has 5 heteroatoms. The van der Waals surface area contributed by atoms with Crippen molar-refractivity contribution in [2.45, 2.75) is 19.8 Å². The van der Waals surface area contributed by atoms with Crippen LogP contribution >= 0.6 is 0 Å². The summed E-state index contributed by atoms with van der Waals surface area (Å²) in [7, 11) is 0. The molecule has 1 heterocycles. The van der Waals surface area contributed by atoms with E-state index in [-0.39, 0.29) is 11.8 Å². The molecule has 0 radical (unpaired) electrons. The zero-order chi connectivity index (χ0) is 19.5. The van der Waals surface area contributed by atoms with Crippen molar-refractivity contribution in [3.05, 3.63) is 66.2 Å². The van der Waals surface area contributed by atoms with Crippen molar-refractivity contribution < 1.29 is 14.3 Å². The van der Waals surface area contributed by atoms with E-state index < -0.39 is 0 Å². The molecule has 0 saturated heterocycles. The fourth-order valence-corrected chi connectivity index (χ4v) is 3.65. The lowest BCUT2D eigenvalue weighted by molar-refractivity contribution is -0.116. The van der Waals surface area contributed by atoms with Gasteiger partial charge in [0.25, 0.3) is 5.91 Å². The lowest BCUT2D eigenvalue weighted by Crippen LogP contribution is -2.28. The minimum absolute atomic E-state index is 0.0108. The molecule has 5 nitrogen and oxygen atoms in total. The number of anilines is 2. The van der Waals surface area contributed by atoms with Gasteiger partial charge in [-0.05, 0) is 43.0 Å². The molecule has 2 amide bonds. The van der Waals surface area contributed by atoms with Crippen LogP contribution < -0.4 is 15.0 Å². The summed E-state index contributed by atoms with van der Waals surface area (Å²) >= 11 is 0. The number of amides is 2. The Kier molecular flexibility index (Phi) is 4.98. The number of carbonyl (C=O) groups excluding carboxylic acids is 2. The van der Waals surface area contributed by atoms with Crippen LogP contribution in [-0.2, 0) is 4.79 Å². The number of ether oxygens (including phenoxy) is 1. The van der Waals surface area contributed by atoms with Gasteiger partial charge in [-0.25, -0.2) is 0 Å². The maximum absolute atomic E-state index is 12.8. The molecule has 0 spiro atoms. The van der Waals surface area contributed by atoms with Gasteiger partial charge in [-0.2, -0.15) is 0 Å². The first kappa shape index (κ1) is 18.0. The zero-order valence-electron chi connectivity index (χ0n) is 15.8. The highest BCUT2D eigenvalue weighted by Gasteiger charge is 2.28. The smallest absolute Gasteiger partial charge is 0.258 e. The van der Waals surface area contributed by atoms with E-state index in [2.05, 4.69) is 5.32 Å². The van der Waals surface area contributed by atoms with Gasteiger partial charge in [0.15, 0.2) is 0 Å². The first-order valence-electron chi connectivity index (χ1n) is 9.53. The maximum Gasteiger partial charge on any atom is 0.258 e. The average Bonchev–Trinajstić information content (AvgIpc) is 2.97. The molecular weight excluding hydrogens is 352 g/mol. The number of benzene rings is 3. The highest BCUT2D eigenvalue weighted by Crippen LogP contribution is 2.37. The number of carbonyl (C=O) groups is 2. The van der Waals surface area contributed by atoms with Gasteiger partial charge in [0.2, 0.25) is 5.91 Å². The highest BCUT2D eigenvalue weighted by molar-refractivity contribution is 6.25. The van der Waals surface area contributed by atoms with E-state index >= 15 is 0 Å². The Balaban J connectivity index is 1.37. The minimum Gasteiger partial charge on any atom is -0.494 e. The fourth-order valence-electron chi connectivity index (χ4n) is 3.65. The topological polar surface area (TPSA) is 58.6 Å². The van der Waals surface area contributed by atoms with Gasteiger partial charge in [0.05, 0.1) is 12.3 Å². The second kappa shape index (κ2) is 7.72. The van der Waals surface area contributed by atoms with Gasteiger partial charge < -0.3 is 15.0 Å². The maximum atomic E-state index is 12.8. The third-order valence-electron chi connectivity index (χ3n) is 4.86. The summed E-state index contributed by atoms with van der Waals surface area (Å²) in [6, 6.07) is 19.1. The summed E-state index contributed by atoms with van der Waals surface area (Å²) in [5.74, 6) is 0.668. The lowest BCUT2D eigenvalue weighted by atomic mass is 10.1. The van der Waals surface area contributed by atoms with Crippen molar-refractivity contribution in [2.24, 2.45) is 0 Å². The van der Waals surface area contributed by atoms with Crippen LogP contribution in [0.25, 0.3) is 10.8 Å². The van der Waals surface area contributed by atoms with E-state index in [1.165, 1.54) is 0 Å². The third kappa shape index (κ3) is 3.43. The largest absolute Gasteiger partial charge is 0.494 e. The monoisotopic (exact) mass is 374 g/mol. The van der Waals surface area contributed by atoms with E-state index in [9.17, 15) is 9.59 Å². The van der Waals surface area contributed by atoms with Gasteiger partial charge in [0, 0.05) is 35.7 Å². The first-order chi connectivity index (χ1) is 13.7. The standard InChI is InChI=1S/C23H22N2O3/c1-2-28-18-10-5-9-17(15-18)24-21(26)13-6-14-25-20-12-4-8-16-7-3-11-19(22(16)20)23(25)27/h3-5,7-12,15H,2,6,13-14H2,1H3,(H,24,26). The molecule has 1 aliphatic rings. The van der Waals surface area contributed by atoms with Gasteiger partial charge in [-0.15, -0.1) is 0 Å². The number of rotatable bonds is 7. The average molecular weight is 374 g/mol. The van der Waals surface area contributed by atoms with E-state index in [1.54, 1.807) is 4.90 Å². The summed E-state index contributed by atoms with van der Waals surface area (Å²) in [5, 5.41) is 4.97. The quantitative estimate of drug-likeness (QED) is 0.657. The molecule has 1 aliphatic heterocycles. The molecule has 3 aromatic rings. The highest BCUT2D eigenvalue weighted by atomic mass is 16.5. The van der Waals surface area contributed by atoms with Crippen molar-refractivity contribution in [3.8, 4) is 5.75 Å². The van der Waals surface area contributed by atoms with Crippen LogP contribution in [0.4, 0.5) is 11.4 Å². The molecule has 0 aliphatic carbocycles. The summed E-state index contributed by atoms with van der Waals surface area (Å²) < 4.78 is 5.45. The van der Waals surface area contributed by atoms with Crippen molar-refractivity contribution >= 4 is 34.0 Å². The zero-order valence-corrected chi connectivity index (χ0v) is 15.8. The van der Waals surface area contributed by atoms with Crippen LogP contribution in [0.3, 0.4) is 0 Å². The Morgan fingerprint density at radius 2 is 1.86 bits per heavy atom. The molecule has 28 heavy (non-hydrogen) atoms. The first-order valence-corrected chi connectivity index (χ1v) is 9.53. The summed E-state index contributed by atoms with van der Waals surface area (Å²) in [4.78, 5) is 26.8. The van der Waals surface area contributed by atoms with Crippen molar-refractivity contribution in [1.82, 2.24) is 0 Å². The fraction of sp³-hybridized carbons (Fsp3) is 0.217. The normalized spacial score (nSPS) is 12.5. The van der Waals surface area contributed by atoms with Crippen LogP contribution in [0.5, 0.6) is 5.75 Å². The third-order valence-corrected chi connectivity index (χ3v) is 4.86. The summed E-state index contributed by atoms with van der Waals surface area (Å²) in [6.07, 6.45) is 0.933. The van der Waals surface area contributed by atoms with Crippen LogP contribution in [-0.4, -0.2) is 25.0 Å². The SMILES string of the molecule is CCOc1cccc(NC(=O)CCCN2C(=O)c3cccc4cccc2c34)c1. The van der Waals surface area contributed by atoms with Gasteiger partial charge in [-0.1, -0.05) is 30.3 Å². The number of hydrogen-bond acceptors (Lipinski definition) is 3. The van der Waals surface area contributed by atoms with E-state index in [1.807, 2.05) is 67.6 Å². The number of nitrogens with zero attached hydrogens (tertiary/aromatic N) is 1. The van der Waals surface area contributed by atoms with E-state index in [4.69, 9.17) is 4.74 Å². The lowest BCUT2D eigenvalue weighted by Gasteiger charge is -2.17. The molecule has 0 aromatic heterocycles. The van der Waals surface area contributed by atoms with E-state index in [0.29, 0.717) is 31.7 Å².